The average molecular weight is 405 g/mol. The fourth-order valence-electron chi connectivity index (χ4n) is 5.78. The summed E-state index contributed by atoms with van der Waals surface area (Å²) in [5, 5.41) is 9.99. The van der Waals surface area contributed by atoms with Gasteiger partial charge in [-0.1, -0.05) is 39.3 Å². The van der Waals surface area contributed by atoms with Crippen LogP contribution in [0.3, 0.4) is 0 Å². The van der Waals surface area contributed by atoms with Crippen molar-refractivity contribution in [1.82, 2.24) is 0 Å². The van der Waals surface area contributed by atoms with Gasteiger partial charge < -0.3 is 19.3 Å². The Bertz CT molecular complexity index is 816. The third kappa shape index (κ3) is 3.51. The minimum Gasteiger partial charge on any atom is -0.481 e. The van der Waals surface area contributed by atoms with Crippen LogP contribution in [0, 0.1) is 5.41 Å². The molecular formula is C24H36O5. The first-order valence-electron chi connectivity index (χ1n) is 10.5. The van der Waals surface area contributed by atoms with Crippen molar-refractivity contribution in [3.8, 4) is 0 Å². The quantitative estimate of drug-likeness (QED) is 0.712. The van der Waals surface area contributed by atoms with Crippen molar-refractivity contribution in [2.45, 2.75) is 90.1 Å². The molecule has 0 bridgehead atoms. The van der Waals surface area contributed by atoms with E-state index in [0.717, 1.165) is 41.5 Å². The predicted molar refractivity (Wildman–Crippen MR) is 112 cm³/mol. The molecular weight excluding hydrogens is 368 g/mol. The number of carboxylic acid groups (broad SMARTS) is 1. The van der Waals surface area contributed by atoms with Crippen molar-refractivity contribution in [3.05, 3.63) is 34.4 Å². The van der Waals surface area contributed by atoms with Gasteiger partial charge in [-0.2, -0.15) is 0 Å². The summed E-state index contributed by atoms with van der Waals surface area (Å²) in [5.41, 5.74) is 3.69. The summed E-state index contributed by atoms with van der Waals surface area (Å²) in [7, 11) is 3.20. The molecule has 0 unspecified atom stereocenters. The maximum Gasteiger partial charge on any atom is 0.310 e. The predicted octanol–water partition coefficient (Wildman–Crippen LogP) is 5.40. The Labute approximate surface area is 174 Å². The number of carboxylic acids is 1. The molecule has 0 amide bonds. The molecule has 0 radical (unpaired) electrons. The first-order chi connectivity index (χ1) is 13.3. The molecule has 0 aromatic heterocycles. The van der Waals surface area contributed by atoms with Crippen LogP contribution in [-0.2, 0) is 36.0 Å². The summed E-state index contributed by atoms with van der Waals surface area (Å²) < 4.78 is 17.8. The van der Waals surface area contributed by atoms with Crippen LogP contribution in [0.1, 0.15) is 95.4 Å². The number of aliphatic carboxylic acids is 1. The fourth-order valence-corrected chi connectivity index (χ4v) is 5.78. The van der Waals surface area contributed by atoms with Gasteiger partial charge >= 0.3 is 5.97 Å². The van der Waals surface area contributed by atoms with E-state index in [0.29, 0.717) is 0 Å². The lowest BCUT2D eigenvalue weighted by atomic mass is 9.60. The molecule has 1 aromatic rings. The maximum atomic E-state index is 12.2. The van der Waals surface area contributed by atoms with Gasteiger partial charge in [-0.25, -0.2) is 0 Å². The van der Waals surface area contributed by atoms with Gasteiger partial charge in [-0.05, 0) is 62.0 Å². The first-order valence-corrected chi connectivity index (χ1v) is 10.5. The van der Waals surface area contributed by atoms with Gasteiger partial charge in [0, 0.05) is 25.3 Å². The number of methoxy groups -OCH3 is 2. The molecule has 29 heavy (non-hydrogen) atoms. The van der Waals surface area contributed by atoms with Crippen molar-refractivity contribution in [3.63, 3.8) is 0 Å². The van der Waals surface area contributed by atoms with Gasteiger partial charge in [0.05, 0.1) is 5.92 Å². The number of rotatable bonds is 5. The summed E-state index contributed by atoms with van der Waals surface area (Å²) in [5.74, 6) is -3.59. The Hall–Kier alpha value is -1.43. The lowest BCUT2D eigenvalue weighted by Crippen LogP contribution is -2.37. The fraction of sp³-hybridized carbons (Fsp3) is 0.708. The topological polar surface area (TPSA) is 65.0 Å². The van der Waals surface area contributed by atoms with Crippen LogP contribution in [-0.4, -0.2) is 25.3 Å². The average Bonchev–Trinajstić information content (AvgIpc) is 2.88. The zero-order chi connectivity index (χ0) is 21.8. The molecule has 0 spiro atoms. The summed E-state index contributed by atoms with van der Waals surface area (Å²) >= 11 is 0. The van der Waals surface area contributed by atoms with Gasteiger partial charge in [0.2, 0.25) is 0 Å². The number of carbonyl (C=O) groups is 1. The van der Waals surface area contributed by atoms with Crippen molar-refractivity contribution in [2.24, 2.45) is 5.41 Å². The van der Waals surface area contributed by atoms with Crippen LogP contribution in [0.4, 0.5) is 0 Å². The molecule has 1 N–H and O–H groups in total. The Morgan fingerprint density at radius 1 is 1.03 bits per heavy atom. The van der Waals surface area contributed by atoms with Crippen LogP contribution in [0.2, 0.25) is 0 Å². The Balaban J connectivity index is 2.33. The smallest absolute Gasteiger partial charge is 0.310 e. The van der Waals surface area contributed by atoms with E-state index >= 15 is 0 Å². The van der Waals surface area contributed by atoms with Crippen LogP contribution < -0.4 is 0 Å². The second kappa shape index (κ2) is 7.07. The minimum atomic E-state index is -1.07. The third-order valence-corrected chi connectivity index (χ3v) is 7.26. The number of ether oxygens (including phenoxy) is 3. The van der Waals surface area contributed by atoms with Gasteiger partial charge in [0.1, 0.15) is 0 Å². The highest BCUT2D eigenvalue weighted by molar-refractivity contribution is 5.78. The van der Waals surface area contributed by atoms with E-state index in [2.05, 4.69) is 26.8 Å². The van der Waals surface area contributed by atoms with Crippen molar-refractivity contribution < 1.29 is 24.1 Å². The van der Waals surface area contributed by atoms with Gasteiger partial charge in [-0.3, -0.25) is 4.79 Å². The zero-order valence-corrected chi connectivity index (χ0v) is 19.1. The molecule has 1 fully saturated rings. The van der Waals surface area contributed by atoms with E-state index in [1.54, 1.807) is 21.1 Å². The molecule has 1 saturated carbocycles. The molecule has 1 aliphatic carbocycles. The van der Waals surface area contributed by atoms with Crippen molar-refractivity contribution >= 4 is 5.97 Å². The first kappa shape index (κ1) is 22.3. The summed E-state index contributed by atoms with van der Waals surface area (Å²) in [6.07, 6.45) is 4.39. The highest BCUT2D eigenvalue weighted by atomic mass is 16.8. The lowest BCUT2D eigenvalue weighted by molar-refractivity contribution is -0.329. The van der Waals surface area contributed by atoms with E-state index in [1.165, 1.54) is 6.42 Å². The van der Waals surface area contributed by atoms with E-state index in [-0.39, 0.29) is 10.8 Å². The Morgan fingerprint density at radius 2 is 1.62 bits per heavy atom. The molecule has 1 heterocycles. The highest BCUT2D eigenvalue weighted by Crippen LogP contribution is 2.55. The molecule has 0 saturated heterocycles. The summed E-state index contributed by atoms with van der Waals surface area (Å²) in [6, 6.07) is 4.15. The minimum absolute atomic E-state index is 0.101. The monoisotopic (exact) mass is 404 g/mol. The van der Waals surface area contributed by atoms with Crippen molar-refractivity contribution in [1.29, 1.82) is 0 Å². The molecule has 162 valence electrons. The molecule has 2 aliphatic rings. The second-order valence-corrected chi connectivity index (χ2v) is 10.2. The second-order valence-electron chi connectivity index (χ2n) is 10.2. The SMILES string of the molecule is CO[C@]1(C)O[C@](C)(OC)c2c1ccc([C@@]1(C)CCCC(C)(C)C1)c2[C@@H](C)C(=O)O. The Morgan fingerprint density at radius 3 is 2.14 bits per heavy atom. The normalized spacial score (nSPS) is 34.6. The number of fused-ring (bicyclic) bond motifs is 1. The van der Waals surface area contributed by atoms with E-state index in [4.69, 9.17) is 14.2 Å². The largest absolute Gasteiger partial charge is 0.481 e. The van der Waals surface area contributed by atoms with E-state index in [9.17, 15) is 9.90 Å². The Kier molecular flexibility index (Phi) is 5.43. The molecule has 5 nitrogen and oxygen atoms in total. The van der Waals surface area contributed by atoms with Crippen molar-refractivity contribution in [2.75, 3.05) is 14.2 Å². The zero-order valence-electron chi connectivity index (χ0n) is 19.1. The molecule has 3 rings (SSSR count). The number of benzene rings is 1. The van der Waals surface area contributed by atoms with Crippen LogP contribution >= 0.6 is 0 Å². The van der Waals surface area contributed by atoms with E-state index < -0.39 is 23.5 Å². The molecule has 5 heteroatoms. The third-order valence-electron chi connectivity index (χ3n) is 7.26. The van der Waals surface area contributed by atoms with Crippen LogP contribution in [0.15, 0.2) is 12.1 Å². The highest BCUT2D eigenvalue weighted by Gasteiger charge is 2.53. The number of hydrogen-bond acceptors (Lipinski definition) is 4. The number of hydrogen-bond donors (Lipinski definition) is 1. The van der Waals surface area contributed by atoms with E-state index in [1.807, 2.05) is 19.9 Å². The van der Waals surface area contributed by atoms with Gasteiger partial charge in [-0.15, -0.1) is 0 Å². The lowest BCUT2D eigenvalue weighted by Gasteiger charge is -2.45. The van der Waals surface area contributed by atoms with Crippen LogP contribution in [0.5, 0.6) is 0 Å². The standard InChI is InChI=1S/C24H36O5/c1-15(20(25)26)18-16(22(4)13-9-12-21(2,3)14-22)10-11-17-19(18)24(6,28-8)29-23(17,5)27-7/h10-11,15H,9,12-14H2,1-8H3,(H,25,26)/t15-,22+,23-,24+/m1/s1. The molecule has 1 aromatic carbocycles. The van der Waals surface area contributed by atoms with Crippen LogP contribution in [0.25, 0.3) is 0 Å². The van der Waals surface area contributed by atoms with Gasteiger partial charge in [0.15, 0.2) is 11.6 Å². The maximum absolute atomic E-state index is 12.2. The summed E-state index contributed by atoms with van der Waals surface area (Å²) in [6.45, 7) is 12.4. The summed E-state index contributed by atoms with van der Waals surface area (Å²) in [4.78, 5) is 12.2. The molecule has 1 aliphatic heterocycles. The molecule has 4 atom stereocenters. The van der Waals surface area contributed by atoms with Gasteiger partial charge in [0.25, 0.3) is 0 Å².